The quantitative estimate of drug-likeness (QED) is 0.296. The summed E-state index contributed by atoms with van der Waals surface area (Å²) >= 11 is 5.32. The van der Waals surface area contributed by atoms with Crippen LogP contribution in [0.4, 0.5) is 0 Å². The monoisotopic (exact) mass is 285 g/mol. The molecule has 0 amide bonds. The first-order chi connectivity index (χ1) is 9.22. The molecule has 108 valence electrons. The van der Waals surface area contributed by atoms with Crippen LogP contribution >= 0.6 is 12.2 Å². The molecule has 0 saturated carbocycles. The third-order valence-corrected chi connectivity index (χ3v) is 3.40. The maximum atomic E-state index is 11.2. The number of aldehydes is 1. The molecule has 0 N–H and O–H groups in total. The number of rotatable bonds is 8. The van der Waals surface area contributed by atoms with Crippen molar-refractivity contribution >= 4 is 23.4 Å². The van der Waals surface area contributed by atoms with E-state index in [1.807, 2.05) is 20.0 Å². The van der Waals surface area contributed by atoms with Crippen LogP contribution in [-0.2, 0) is 14.3 Å². The van der Waals surface area contributed by atoms with E-state index in [9.17, 15) is 4.79 Å². The molecule has 1 heterocycles. The molecule has 0 radical (unpaired) electrons. The highest BCUT2D eigenvalue weighted by Gasteiger charge is 2.19. The van der Waals surface area contributed by atoms with Crippen LogP contribution in [0.15, 0.2) is 11.8 Å². The van der Waals surface area contributed by atoms with Crippen molar-refractivity contribution in [1.82, 2.24) is 4.90 Å². The molecule has 0 unspecified atom stereocenters. The lowest BCUT2D eigenvalue weighted by molar-refractivity contribution is -0.105. The molecule has 19 heavy (non-hydrogen) atoms. The summed E-state index contributed by atoms with van der Waals surface area (Å²) in [6.45, 7) is 6.72. The first kappa shape index (κ1) is 16.3. The smallest absolute Gasteiger partial charge is 0.194 e. The molecule has 5 heteroatoms. The largest absolute Gasteiger partial charge is 0.377 e. The minimum Gasteiger partial charge on any atom is -0.377 e. The lowest BCUT2D eigenvalue weighted by Gasteiger charge is -2.26. The van der Waals surface area contributed by atoms with E-state index < -0.39 is 6.29 Å². The van der Waals surface area contributed by atoms with Gasteiger partial charge in [0.05, 0.1) is 4.86 Å². The van der Waals surface area contributed by atoms with E-state index in [0.717, 1.165) is 32.2 Å². The first-order valence-corrected chi connectivity index (χ1v) is 7.32. The summed E-state index contributed by atoms with van der Waals surface area (Å²) in [6.07, 6.45) is 5.62. The van der Waals surface area contributed by atoms with Gasteiger partial charge in [0.15, 0.2) is 12.6 Å². The summed E-state index contributed by atoms with van der Waals surface area (Å²) in [5.41, 5.74) is 0.490. The van der Waals surface area contributed by atoms with Crippen LogP contribution in [0.25, 0.3) is 0 Å². The number of hydrogen-bond acceptors (Lipinski definition) is 5. The normalized spacial score (nSPS) is 16.8. The first-order valence-electron chi connectivity index (χ1n) is 6.91. The second kappa shape index (κ2) is 9.18. The van der Waals surface area contributed by atoms with Crippen LogP contribution in [0.5, 0.6) is 0 Å². The highest BCUT2D eigenvalue weighted by atomic mass is 32.1. The van der Waals surface area contributed by atoms with Crippen molar-refractivity contribution in [1.29, 1.82) is 0 Å². The van der Waals surface area contributed by atoms with Crippen LogP contribution in [-0.4, -0.2) is 48.6 Å². The summed E-state index contributed by atoms with van der Waals surface area (Å²) < 4.78 is 10.9. The minimum atomic E-state index is -0.605. The van der Waals surface area contributed by atoms with Crippen LogP contribution in [0.2, 0.25) is 0 Å². The topological polar surface area (TPSA) is 38.8 Å². The van der Waals surface area contributed by atoms with Gasteiger partial charge in [-0.1, -0.05) is 12.2 Å². The van der Waals surface area contributed by atoms with Crippen LogP contribution in [0.3, 0.4) is 0 Å². The van der Waals surface area contributed by atoms with Gasteiger partial charge in [-0.15, -0.1) is 0 Å². The summed E-state index contributed by atoms with van der Waals surface area (Å²) in [5, 5.41) is 0. The van der Waals surface area contributed by atoms with Gasteiger partial charge < -0.3 is 14.4 Å². The molecule has 0 aromatic rings. The van der Waals surface area contributed by atoms with Gasteiger partial charge in [-0.3, -0.25) is 4.79 Å². The number of likely N-dealkylation sites (tertiary alicyclic amines) is 1. The van der Waals surface area contributed by atoms with Crippen molar-refractivity contribution in [2.24, 2.45) is 0 Å². The van der Waals surface area contributed by atoms with Gasteiger partial charge in [0.1, 0.15) is 0 Å². The lowest BCUT2D eigenvalue weighted by Crippen LogP contribution is -2.31. The Bertz CT molecular complexity index is 319. The van der Waals surface area contributed by atoms with Crippen molar-refractivity contribution in [3.05, 3.63) is 11.8 Å². The van der Waals surface area contributed by atoms with Crippen molar-refractivity contribution in [3.63, 3.8) is 0 Å². The Morgan fingerprint density at radius 3 is 2.26 bits per heavy atom. The zero-order valence-corrected chi connectivity index (χ0v) is 12.6. The highest BCUT2D eigenvalue weighted by molar-refractivity contribution is 7.81. The van der Waals surface area contributed by atoms with Crippen molar-refractivity contribution in [2.75, 3.05) is 26.3 Å². The number of thiocarbonyl (C=S) groups is 1. The van der Waals surface area contributed by atoms with Crippen molar-refractivity contribution < 1.29 is 14.3 Å². The maximum Gasteiger partial charge on any atom is 0.194 e. The number of piperidine rings is 1. The van der Waals surface area contributed by atoms with Gasteiger partial charge in [-0.25, -0.2) is 0 Å². The molecule has 0 spiro atoms. The standard InChI is InChI=1S/C14H23NO3S/c1-3-17-14(18-4-2)13(19)12(11-16)10-15-8-6-5-7-9-15/h10-11,14H,3-9H2,1-2H3/b12-10+. The Hall–Kier alpha value is -0.780. The predicted octanol–water partition coefficient (Wildman–Crippen LogP) is 2.32. The van der Waals surface area contributed by atoms with Crippen LogP contribution < -0.4 is 0 Å². The van der Waals surface area contributed by atoms with Crippen LogP contribution in [0, 0.1) is 0 Å². The summed E-state index contributed by atoms with van der Waals surface area (Å²) in [7, 11) is 0. The van der Waals surface area contributed by atoms with E-state index in [-0.39, 0.29) is 0 Å². The Labute approximate surface area is 120 Å². The molecule has 0 aromatic heterocycles. The second-order valence-electron chi connectivity index (χ2n) is 4.41. The third-order valence-electron chi connectivity index (χ3n) is 2.97. The second-order valence-corrected chi connectivity index (χ2v) is 4.85. The minimum absolute atomic E-state index is 0.435. The Morgan fingerprint density at radius 2 is 1.79 bits per heavy atom. The summed E-state index contributed by atoms with van der Waals surface area (Å²) in [6, 6.07) is 0. The zero-order valence-electron chi connectivity index (χ0n) is 11.8. The molecule has 0 bridgehead atoms. The fourth-order valence-electron chi connectivity index (χ4n) is 2.03. The Morgan fingerprint density at radius 1 is 1.21 bits per heavy atom. The average Bonchev–Trinajstić information content (AvgIpc) is 2.45. The summed E-state index contributed by atoms with van der Waals surface area (Å²) in [5.74, 6) is 0. The molecule has 4 nitrogen and oxygen atoms in total. The number of ether oxygens (including phenoxy) is 2. The van der Waals surface area contributed by atoms with E-state index in [1.54, 1.807) is 0 Å². The summed E-state index contributed by atoms with van der Waals surface area (Å²) in [4.78, 5) is 13.8. The lowest BCUT2D eigenvalue weighted by atomic mass is 10.1. The van der Waals surface area contributed by atoms with E-state index in [4.69, 9.17) is 21.7 Å². The van der Waals surface area contributed by atoms with Crippen molar-refractivity contribution in [2.45, 2.75) is 39.4 Å². The molecule has 0 aromatic carbocycles. The average molecular weight is 285 g/mol. The fourth-order valence-corrected chi connectivity index (χ4v) is 2.27. The molecule has 1 aliphatic rings. The SMILES string of the molecule is CCOC(OCC)C(=S)/C(C=O)=C/N1CCCCC1. The maximum absolute atomic E-state index is 11.2. The van der Waals surface area contributed by atoms with Gasteiger partial charge >= 0.3 is 0 Å². The van der Waals surface area contributed by atoms with Gasteiger partial charge in [-0.05, 0) is 33.1 Å². The van der Waals surface area contributed by atoms with Gasteiger partial charge in [-0.2, -0.15) is 0 Å². The molecule has 1 aliphatic heterocycles. The molecule has 1 fully saturated rings. The predicted molar refractivity (Wildman–Crippen MR) is 79.2 cm³/mol. The Balaban J connectivity index is 2.72. The van der Waals surface area contributed by atoms with Crippen LogP contribution in [0.1, 0.15) is 33.1 Å². The van der Waals surface area contributed by atoms with Gasteiger partial charge in [0.2, 0.25) is 0 Å². The molecular weight excluding hydrogens is 262 g/mol. The number of carbonyl (C=O) groups excluding carboxylic acids is 1. The molecule has 1 saturated heterocycles. The number of hydrogen-bond donors (Lipinski definition) is 0. The number of carbonyl (C=O) groups is 1. The zero-order chi connectivity index (χ0) is 14.1. The van der Waals surface area contributed by atoms with E-state index in [2.05, 4.69) is 4.90 Å². The van der Waals surface area contributed by atoms with Gasteiger partial charge in [0.25, 0.3) is 0 Å². The number of nitrogens with zero attached hydrogens (tertiary/aromatic N) is 1. The molecule has 0 aliphatic carbocycles. The van der Waals surface area contributed by atoms with Crippen molar-refractivity contribution in [3.8, 4) is 0 Å². The highest BCUT2D eigenvalue weighted by Crippen LogP contribution is 2.13. The van der Waals surface area contributed by atoms with Gasteiger partial charge in [0, 0.05) is 38.1 Å². The van der Waals surface area contributed by atoms with E-state index in [0.29, 0.717) is 23.7 Å². The molecule has 1 rings (SSSR count). The fraction of sp³-hybridized carbons (Fsp3) is 0.714. The third kappa shape index (κ3) is 5.38. The Kier molecular flexibility index (Phi) is 7.86. The van der Waals surface area contributed by atoms with E-state index in [1.165, 1.54) is 6.42 Å². The molecular formula is C14H23NO3S. The van der Waals surface area contributed by atoms with E-state index >= 15 is 0 Å². The molecule has 0 atom stereocenters.